The first-order valence-corrected chi connectivity index (χ1v) is 37.4. The molecular formula is C83H111NO18. The van der Waals surface area contributed by atoms with Crippen LogP contribution in [0.4, 0.5) is 0 Å². The SMILES string of the molecule is CCC1OC(OCC2OC(OCCCCCCCCC(=O)CCCCCCC(=O)N3C[C@@H](O)C[C@H]3COC(c3ccccc3)(c3ccc(OC)cc3)c3ccc(OC)cc3)C(OC(C)=O)C(OC3OC(CC)C(C)C(C)C3OC(=O)c3ccccc3)C2C)C(OC(=O)c2ccccc2)C(C)C1C. The maximum Gasteiger partial charge on any atom is 0.338 e. The highest BCUT2D eigenvalue weighted by Gasteiger charge is 2.53. The molecule has 4 aliphatic rings. The summed E-state index contributed by atoms with van der Waals surface area (Å²) in [5.41, 5.74) is 2.43. The highest BCUT2D eigenvalue weighted by molar-refractivity contribution is 5.90. The Hall–Kier alpha value is -7.07. The van der Waals surface area contributed by atoms with Gasteiger partial charge in [0, 0.05) is 57.1 Å². The first kappa shape index (κ1) is 79.1. The molecular weight excluding hydrogens is 1300 g/mol. The molecule has 0 aromatic heterocycles. The number of hydrogen-bond acceptors (Lipinski definition) is 18. The molecule has 1 amide bonds. The van der Waals surface area contributed by atoms with Gasteiger partial charge in [0.2, 0.25) is 5.91 Å². The van der Waals surface area contributed by atoms with Crippen molar-refractivity contribution in [1.29, 1.82) is 0 Å². The zero-order valence-corrected chi connectivity index (χ0v) is 61.6. The number of aliphatic hydroxyl groups is 1. The van der Waals surface area contributed by atoms with E-state index < -0.39 is 84.9 Å². The first-order valence-electron chi connectivity index (χ1n) is 37.4. The standard InChI is InChI=1S/C83H111NO18/c1-11-70-54(3)56(5)75(100-78(89)60-32-22-19-23-33-60)80(97-70)94-53-72-58(7)74(102-82-76(57(6)55(4)71(12-2)98-82)101-79(90)61-34-24-20-25-35-61)77(96-59(8)85)81(99-72)93-49-31-18-14-13-15-28-38-66(86)39-29-16-17-30-40-73(88)84-51-67(87)50-65(84)52-95-83(62-36-26-21-27-37-62,63-41-45-68(91-9)46-42-63)64-43-47-69(92-10)48-44-64/h19-27,32-37,41-48,54-58,65,67,70-72,74-77,80-82,87H,11-18,28-31,38-40,49-53H2,1-10H3/t54?,55?,56?,57?,58?,65-,67-,70?,71?,72?,74?,75?,76?,77?,80?,81?,82?/m0/s1. The van der Waals surface area contributed by atoms with Gasteiger partial charge in [-0.25, -0.2) is 9.59 Å². The third-order valence-corrected chi connectivity index (χ3v) is 21.5. The highest BCUT2D eigenvalue weighted by Crippen LogP contribution is 2.44. The molecule has 0 aliphatic carbocycles. The van der Waals surface area contributed by atoms with E-state index in [0.29, 0.717) is 74.0 Å². The number of Topliss-reactive ketones (excluding diaryl/α,β-unsaturated/α-hetero) is 1. The van der Waals surface area contributed by atoms with Gasteiger partial charge in [-0.1, -0.05) is 178 Å². The van der Waals surface area contributed by atoms with Crippen molar-refractivity contribution in [1.82, 2.24) is 4.90 Å². The van der Waals surface area contributed by atoms with Crippen molar-refractivity contribution in [2.45, 2.75) is 237 Å². The van der Waals surface area contributed by atoms with E-state index in [9.17, 15) is 29.1 Å². The van der Waals surface area contributed by atoms with Crippen LogP contribution in [0, 0.1) is 29.6 Å². The smallest absolute Gasteiger partial charge is 0.338 e. The van der Waals surface area contributed by atoms with Crippen LogP contribution < -0.4 is 9.47 Å². The second-order valence-corrected chi connectivity index (χ2v) is 28.3. The average molecular weight is 1410 g/mol. The largest absolute Gasteiger partial charge is 0.497 e. The number of carbonyl (C=O) groups is 5. The lowest BCUT2D eigenvalue weighted by Gasteiger charge is -2.49. The van der Waals surface area contributed by atoms with E-state index in [-0.39, 0.29) is 80.0 Å². The molecule has 5 aromatic rings. The maximum absolute atomic E-state index is 13.9. The predicted octanol–water partition coefficient (Wildman–Crippen LogP) is 14.6. The molecule has 0 radical (unpaired) electrons. The van der Waals surface area contributed by atoms with Gasteiger partial charge in [-0.2, -0.15) is 0 Å². The number of nitrogens with zero attached hydrogens (tertiary/aromatic N) is 1. The lowest BCUT2D eigenvalue weighted by molar-refractivity contribution is -0.349. The van der Waals surface area contributed by atoms with E-state index >= 15 is 0 Å². The number of esters is 3. The van der Waals surface area contributed by atoms with Crippen molar-refractivity contribution in [3.8, 4) is 11.5 Å². The average Bonchev–Trinajstić information content (AvgIpc) is 0.859. The van der Waals surface area contributed by atoms with E-state index in [1.54, 1.807) is 67.7 Å². The molecule has 19 nitrogen and oxygen atoms in total. The maximum atomic E-state index is 13.9. The third-order valence-electron chi connectivity index (χ3n) is 21.5. The number of likely N-dealkylation sites (tertiary alicyclic amines) is 1. The van der Waals surface area contributed by atoms with Crippen LogP contribution in [0.3, 0.4) is 0 Å². The Bertz CT molecular complexity index is 3310. The summed E-state index contributed by atoms with van der Waals surface area (Å²) in [5, 5.41) is 11.0. The number of carbonyl (C=O) groups excluding carboxylic acids is 5. The Morgan fingerprint density at radius 2 is 0.931 bits per heavy atom. The minimum absolute atomic E-state index is 0.00621. The molecule has 9 rings (SSSR count). The van der Waals surface area contributed by atoms with Crippen LogP contribution in [0.2, 0.25) is 0 Å². The molecule has 556 valence electrons. The van der Waals surface area contributed by atoms with Gasteiger partial charge in [-0.3, -0.25) is 14.4 Å². The summed E-state index contributed by atoms with van der Waals surface area (Å²) in [4.78, 5) is 69.4. The molecule has 4 fully saturated rings. The number of rotatable bonds is 37. The fraction of sp³-hybridized carbons (Fsp3) is 0.578. The second-order valence-electron chi connectivity index (χ2n) is 28.3. The zero-order chi connectivity index (χ0) is 72.7. The normalized spacial score (nSPS) is 27.3. The third kappa shape index (κ3) is 20.7. The number of β-amino-alcohol motifs (C(OH)–C–C–N with tert-alkyl or cyclic N) is 1. The van der Waals surface area contributed by atoms with Gasteiger partial charge in [0.05, 0.1) is 69.0 Å². The van der Waals surface area contributed by atoms with E-state index in [4.69, 9.17) is 56.8 Å². The lowest BCUT2D eigenvalue weighted by atomic mass is 9.80. The Morgan fingerprint density at radius 3 is 1.44 bits per heavy atom. The number of benzene rings is 5. The van der Waals surface area contributed by atoms with Gasteiger partial charge in [0.1, 0.15) is 29.0 Å². The molecule has 0 bridgehead atoms. The van der Waals surface area contributed by atoms with E-state index in [0.717, 1.165) is 68.1 Å². The lowest BCUT2D eigenvalue weighted by Crippen LogP contribution is -2.61. The Morgan fingerprint density at radius 1 is 0.480 bits per heavy atom. The molecule has 19 heteroatoms. The van der Waals surface area contributed by atoms with Crippen LogP contribution in [-0.4, -0.2) is 154 Å². The van der Waals surface area contributed by atoms with E-state index in [1.165, 1.54) is 6.92 Å². The summed E-state index contributed by atoms with van der Waals surface area (Å²) in [6.07, 6.45) is 2.91. The van der Waals surface area contributed by atoms with Gasteiger partial charge in [0.15, 0.2) is 37.2 Å². The van der Waals surface area contributed by atoms with Crippen molar-refractivity contribution in [3.63, 3.8) is 0 Å². The fourth-order valence-corrected chi connectivity index (χ4v) is 15.0. The second kappa shape index (κ2) is 39.2. The van der Waals surface area contributed by atoms with Crippen LogP contribution in [0.5, 0.6) is 11.5 Å². The molecule has 1 N–H and O–H groups in total. The summed E-state index contributed by atoms with van der Waals surface area (Å²) >= 11 is 0. The van der Waals surface area contributed by atoms with Gasteiger partial charge in [-0.15, -0.1) is 0 Å². The molecule has 17 atom stereocenters. The zero-order valence-electron chi connectivity index (χ0n) is 61.6. The summed E-state index contributed by atoms with van der Waals surface area (Å²) in [6, 6.07) is 43.0. The quantitative estimate of drug-likeness (QED) is 0.0169. The summed E-state index contributed by atoms with van der Waals surface area (Å²) in [7, 11) is 3.27. The van der Waals surface area contributed by atoms with Crippen LogP contribution in [0.1, 0.15) is 196 Å². The minimum atomic E-state index is -1.11. The van der Waals surface area contributed by atoms with E-state index in [1.807, 2.05) is 119 Å². The van der Waals surface area contributed by atoms with Crippen molar-refractivity contribution in [3.05, 3.63) is 167 Å². The summed E-state index contributed by atoms with van der Waals surface area (Å²) in [5.74, 6) is -0.684. The summed E-state index contributed by atoms with van der Waals surface area (Å²) in [6.45, 7) is 16.3. The molecule has 4 saturated heterocycles. The molecule has 0 saturated carbocycles. The molecule has 4 aliphatic heterocycles. The number of ketones is 1. The minimum Gasteiger partial charge on any atom is -0.497 e. The molecule has 0 spiro atoms. The van der Waals surface area contributed by atoms with Crippen molar-refractivity contribution in [2.24, 2.45) is 29.6 Å². The molecule has 102 heavy (non-hydrogen) atoms. The number of hydrogen-bond donors (Lipinski definition) is 1. The summed E-state index contributed by atoms with van der Waals surface area (Å²) < 4.78 is 77.4. The van der Waals surface area contributed by atoms with Gasteiger partial charge in [-0.05, 0) is 122 Å². The van der Waals surface area contributed by atoms with Crippen LogP contribution >= 0.6 is 0 Å². The molecule has 15 unspecified atom stereocenters. The molecule has 5 aromatic carbocycles. The van der Waals surface area contributed by atoms with Gasteiger partial charge >= 0.3 is 17.9 Å². The Labute approximate surface area is 604 Å². The van der Waals surface area contributed by atoms with E-state index in [2.05, 4.69) is 20.8 Å². The Kier molecular flexibility index (Phi) is 30.3. The van der Waals surface area contributed by atoms with Crippen LogP contribution in [0.15, 0.2) is 140 Å². The van der Waals surface area contributed by atoms with Crippen LogP contribution in [-0.2, 0) is 67.4 Å². The number of unbranched alkanes of at least 4 members (excludes halogenated alkanes) is 8. The van der Waals surface area contributed by atoms with Gasteiger partial charge < -0.3 is 66.8 Å². The number of methoxy groups -OCH3 is 2. The molecule has 4 heterocycles. The predicted molar refractivity (Wildman–Crippen MR) is 385 cm³/mol. The topological polar surface area (TPSA) is 220 Å². The van der Waals surface area contributed by atoms with Crippen molar-refractivity contribution in [2.75, 3.05) is 40.6 Å². The highest BCUT2D eigenvalue weighted by atomic mass is 16.8. The fourth-order valence-electron chi connectivity index (χ4n) is 15.0. The number of ether oxygens (including phenoxy) is 12. The number of amides is 1. The van der Waals surface area contributed by atoms with Crippen molar-refractivity contribution < 1.29 is 85.9 Å². The Balaban J connectivity index is 0.749. The van der Waals surface area contributed by atoms with Gasteiger partial charge in [0.25, 0.3) is 0 Å². The number of aliphatic hydroxyl groups excluding tert-OH is 1. The monoisotopic (exact) mass is 1410 g/mol. The van der Waals surface area contributed by atoms with Crippen LogP contribution in [0.25, 0.3) is 0 Å². The first-order chi connectivity index (χ1) is 49.4. The van der Waals surface area contributed by atoms with Crippen molar-refractivity contribution >= 4 is 29.6 Å².